The second-order valence-corrected chi connectivity index (χ2v) is 5.35. The van der Waals surface area contributed by atoms with E-state index in [0.717, 1.165) is 10.3 Å². The molecule has 0 aromatic carbocycles. The van der Waals surface area contributed by atoms with E-state index in [-0.39, 0.29) is 11.4 Å². The zero-order chi connectivity index (χ0) is 10.8. The largest absolute Gasteiger partial charge is 0.345 e. The Morgan fingerprint density at radius 2 is 2.36 bits per heavy atom. The number of hydrogen-bond acceptors (Lipinski definition) is 3. The molecule has 1 amide bonds. The summed E-state index contributed by atoms with van der Waals surface area (Å²) in [6, 6.07) is 0. The van der Waals surface area contributed by atoms with Gasteiger partial charge in [-0.25, -0.2) is 4.98 Å². The highest BCUT2D eigenvalue weighted by molar-refractivity contribution is 9.09. The third-order valence-corrected chi connectivity index (χ3v) is 3.81. The van der Waals surface area contributed by atoms with Crippen molar-refractivity contribution in [1.29, 1.82) is 0 Å². The molecule has 0 bridgehead atoms. The van der Waals surface area contributed by atoms with Crippen molar-refractivity contribution in [3.63, 3.8) is 0 Å². The molecule has 0 aliphatic heterocycles. The van der Waals surface area contributed by atoms with E-state index in [1.807, 2.05) is 20.8 Å². The number of aryl methyl sites for hydroxylation is 1. The first-order valence-corrected chi connectivity index (χ1v) is 6.25. The van der Waals surface area contributed by atoms with Crippen LogP contribution in [-0.2, 0) is 0 Å². The Bertz CT molecular complexity index is 335. The fourth-order valence-corrected chi connectivity index (χ4v) is 1.61. The van der Waals surface area contributed by atoms with Crippen molar-refractivity contribution < 1.29 is 4.79 Å². The molecule has 1 aromatic heterocycles. The lowest BCUT2D eigenvalue weighted by Crippen LogP contribution is -2.44. The fourth-order valence-electron chi connectivity index (χ4n) is 0.872. The highest BCUT2D eigenvalue weighted by atomic mass is 79.9. The maximum Gasteiger partial charge on any atom is 0.271 e. The third kappa shape index (κ3) is 3.06. The molecule has 0 radical (unpaired) electrons. The van der Waals surface area contributed by atoms with Crippen LogP contribution in [0.15, 0.2) is 5.38 Å². The SMILES string of the molecule is Cc1nc(C(=O)NC(C)(C)CBr)cs1. The number of nitrogens with zero attached hydrogens (tertiary/aromatic N) is 1. The first-order chi connectivity index (χ1) is 6.44. The predicted octanol–water partition coefficient (Wildman–Crippen LogP) is 2.35. The average molecular weight is 277 g/mol. The molecule has 78 valence electrons. The molecule has 1 N–H and O–H groups in total. The predicted molar refractivity (Wildman–Crippen MR) is 62.2 cm³/mol. The fraction of sp³-hybridized carbons (Fsp3) is 0.556. The zero-order valence-electron chi connectivity index (χ0n) is 8.43. The van der Waals surface area contributed by atoms with E-state index in [2.05, 4.69) is 26.2 Å². The van der Waals surface area contributed by atoms with Gasteiger partial charge in [-0.2, -0.15) is 0 Å². The topological polar surface area (TPSA) is 42.0 Å². The van der Waals surface area contributed by atoms with E-state index in [0.29, 0.717) is 5.69 Å². The minimum absolute atomic E-state index is 0.112. The minimum atomic E-state index is -0.241. The van der Waals surface area contributed by atoms with Gasteiger partial charge in [0.1, 0.15) is 5.69 Å². The molecule has 1 heterocycles. The van der Waals surface area contributed by atoms with Crippen LogP contribution in [0.2, 0.25) is 0 Å². The van der Waals surface area contributed by atoms with Crippen molar-refractivity contribution in [2.45, 2.75) is 26.3 Å². The molecular weight excluding hydrogens is 264 g/mol. The van der Waals surface area contributed by atoms with Crippen molar-refractivity contribution in [3.05, 3.63) is 16.1 Å². The van der Waals surface area contributed by atoms with Gasteiger partial charge in [-0.15, -0.1) is 11.3 Å². The number of alkyl halides is 1. The molecule has 0 saturated carbocycles. The minimum Gasteiger partial charge on any atom is -0.345 e. The lowest BCUT2D eigenvalue weighted by atomic mass is 10.1. The molecule has 0 aliphatic carbocycles. The summed E-state index contributed by atoms with van der Waals surface area (Å²) in [5.74, 6) is -0.112. The number of hydrogen-bond donors (Lipinski definition) is 1. The number of rotatable bonds is 3. The normalized spacial score (nSPS) is 11.4. The van der Waals surface area contributed by atoms with Gasteiger partial charge in [-0.3, -0.25) is 4.79 Å². The third-order valence-electron chi connectivity index (χ3n) is 1.64. The van der Waals surface area contributed by atoms with Gasteiger partial charge in [-0.1, -0.05) is 15.9 Å². The number of carbonyl (C=O) groups is 1. The summed E-state index contributed by atoms with van der Waals surface area (Å²) in [6.45, 7) is 5.80. The van der Waals surface area contributed by atoms with Crippen molar-refractivity contribution in [2.24, 2.45) is 0 Å². The van der Waals surface area contributed by atoms with Crippen LogP contribution in [0.5, 0.6) is 0 Å². The molecule has 0 saturated heterocycles. The van der Waals surface area contributed by atoms with E-state index in [9.17, 15) is 4.79 Å². The maximum absolute atomic E-state index is 11.6. The van der Waals surface area contributed by atoms with Crippen molar-refractivity contribution in [2.75, 3.05) is 5.33 Å². The molecule has 1 aromatic rings. The number of aromatic nitrogens is 1. The lowest BCUT2D eigenvalue weighted by Gasteiger charge is -2.22. The van der Waals surface area contributed by atoms with Crippen LogP contribution in [0.1, 0.15) is 29.3 Å². The monoisotopic (exact) mass is 276 g/mol. The van der Waals surface area contributed by atoms with Crippen LogP contribution in [0.3, 0.4) is 0 Å². The summed E-state index contributed by atoms with van der Waals surface area (Å²) in [5.41, 5.74) is 0.260. The van der Waals surface area contributed by atoms with Crippen molar-refractivity contribution in [1.82, 2.24) is 10.3 Å². The number of amides is 1. The Morgan fingerprint density at radius 3 is 2.79 bits per heavy atom. The van der Waals surface area contributed by atoms with Crippen LogP contribution >= 0.6 is 27.3 Å². The Morgan fingerprint density at radius 1 is 1.71 bits per heavy atom. The molecule has 1 rings (SSSR count). The summed E-state index contributed by atoms with van der Waals surface area (Å²) in [4.78, 5) is 15.8. The van der Waals surface area contributed by atoms with E-state index in [1.54, 1.807) is 5.38 Å². The van der Waals surface area contributed by atoms with E-state index < -0.39 is 0 Å². The number of carbonyl (C=O) groups excluding carboxylic acids is 1. The smallest absolute Gasteiger partial charge is 0.271 e. The standard InChI is InChI=1S/C9H13BrN2OS/c1-6-11-7(4-14-6)8(13)12-9(2,3)5-10/h4H,5H2,1-3H3,(H,12,13). The van der Waals surface area contributed by atoms with Gasteiger partial charge >= 0.3 is 0 Å². The Hall–Kier alpha value is -0.420. The maximum atomic E-state index is 11.6. The summed E-state index contributed by atoms with van der Waals surface area (Å²) >= 11 is 4.83. The molecule has 0 atom stereocenters. The van der Waals surface area contributed by atoms with E-state index >= 15 is 0 Å². The lowest BCUT2D eigenvalue weighted by molar-refractivity contribution is 0.0916. The van der Waals surface area contributed by atoms with Gasteiger partial charge < -0.3 is 5.32 Å². The first kappa shape index (κ1) is 11.7. The van der Waals surface area contributed by atoms with Crippen LogP contribution in [-0.4, -0.2) is 21.8 Å². The average Bonchev–Trinajstić information content (AvgIpc) is 2.51. The van der Waals surface area contributed by atoms with Gasteiger partial charge in [0.05, 0.1) is 5.01 Å². The molecule has 5 heteroatoms. The molecule has 0 spiro atoms. The van der Waals surface area contributed by atoms with Crippen LogP contribution in [0.4, 0.5) is 0 Å². The quantitative estimate of drug-likeness (QED) is 0.862. The Kier molecular flexibility index (Phi) is 3.66. The van der Waals surface area contributed by atoms with Gasteiger partial charge in [-0.05, 0) is 20.8 Å². The summed E-state index contributed by atoms with van der Waals surface area (Å²) < 4.78 is 0. The second kappa shape index (κ2) is 4.40. The number of nitrogens with one attached hydrogen (secondary N) is 1. The van der Waals surface area contributed by atoms with Gasteiger partial charge in [0.2, 0.25) is 0 Å². The number of halogens is 1. The molecule has 14 heavy (non-hydrogen) atoms. The summed E-state index contributed by atoms with van der Waals surface area (Å²) in [7, 11) is 0. The summed E-state index contributed by atoms with van der Waals surface area (Å²) in [6.07, 6.45) is 0. The van der Waals surface area contributed by atoms with Crippen LogP contribution < -0.4 is 5.32 Å². The second-order valence-electron chi connectivity index (χ2n) is 3.72. The highest BCUT2D eigenvalue weighted by Crippen LogP contribution is 2.11. The Labute approximate surface area is 96.1 Å². The van der Waals surface area contributed by atoms with Crippen LogP contribution in [0.25, 0.3) is 0 Å². The van der Waals surface area contributed by atoms with Crippen molar-refractivity contribution in [3.8, 4) is 0 Å². The van der Waals surface area contributed by atoms with Gasteiger partial charge in [0.15, 0.2) is 0 Å². The van der Waals surface area contributed by atoms with E-state index in [1.165, 1.54) is 11.3 Å². The number of thiazole rings is 1. The zero-order valence-corrected chi connectivity index (χ0v) is 10.8. The molecule has 0 unspecified atom stereocenters. The van der Waals surface area contributed by atoms with E-state index in [4.69, 9.17) is 0 Å². The van der Waals surface area contributed by atoms with Crippen molar-refractivity contribution >= 4 is 33.2 Å². The molecule has 0 aliphatic rings. The molecular formula is C9H13BrN2OS. The summed E-state index contributed by atoms with van der Waals surface area (Å²) in [5, 5.41) is 6.29. The molecule has 0 fully saturated rings. The van der Waals surface area contributed by atoms with Gasteiger partial charge in [0.25, 0.3) is 5.91 Å². The Balaban J connectivity index is 2.68. The molecule has 3 nitrogen and oxygen atoms in total. The van der Waals surface area contributed by atoms with Crippen LogP contribution in [0, 0.1) is 6.92 Å². The highest BCUT2D eigenvalue weighted by Gasteiger charge is 2.20. The first-order valence-electron chi connectivity index (χ1n) is 4.25. The van der Waals surface area contributed by atoms with Gasteiger partial charge in [0, 0.05) is 16.2 Å².